The number of hydrogen-bond acceptors (Lipinski definition) is 1. The Kier molecular flexibility index (Phi) is 4.88. The first-order valence-corrected chi connectivity index (χ1v) is 11.6. The third-order valence-electron chi connectivity index (χ3n) is 6.99. The summed E-state index contributed by atoms with van der Waals surface area (Å²) >= 11 is 0. The van der Waals surface area contributed by atoms with Crippen LogP contribution in [-0.4, -0.2) is 4.98 Å². The number of hydrogen-bond donors (Lipinski definition) is 0. The molecule has 158 valence electrons. The number of aryl methyl sites for hydroxylation is 2. The zero-order valence-corrected chi connectivity index (χ0v) is 18.5. The molecular formula is C32H25N. The lowest BCUT2D eigenvalue weighted by Crippen LogP contribution is -2.32. The second-order valence-electron chi connectivity index (χ2n) is 8.72. The largest absolute Gasteiger partial charge is 0.256 e. The summed E-state index contributed by atoms with van der Waals surface area (Å²) in [6, 6.07) is 44.1. The minimum Gasteiger partial charge on any atom is -0.256 e. The van der Waals surface area contributed by atoms with Crippen molar-refractivity contribution in [1.29, 1.82) is 0 Å². The molecule has 0 fully saturated rings. The molecule has 1 heteroatoms. The lowest BCUT2D eigenvalue weighted by Gasteiger charge is -2.38. The fourth-order valence-corrected chi connectivity index (χ4v) is 5.52. The van der Waals surface area contributed by atoms with Crippen LogP contribution in [0.25, 0.3) is 11.3 Å². The molecule has 1 aliphatic carbocycles. The van der Waals surface area contributed by atoms with Gasteiger partial charge in [0.25, 0.3) is 0 Å². The van der Waals surface area contributed by atoms with Crippen molar-refractivity contribution >= 4 is 0 Å². The molecule has 1 nitrogen and oxygen atoms in total. The summed E-state index contributed by atoms with van der Waals surface area (Å²) in [5.41, 5.74) is 9.97. The third-order valence-corrected chi connectivity index (χ3v) is 6.99. The average molecular weight is 424 g/mol. The van der Waals surface area contributed by atoms with E-state index in [4.69, 9.17) is 0 Å². The van der Waals surface area contributed by atoms with E-state index in [0.29, 0.717) is 0 Å². The van der Waals surface area contributed by atoms with Crippen LogP contribution in [0.1, 0.15) is 33.4 Å². The molecule has 0 spiro atoms. The van der Waals surface area contributed by atoms with E-state index in [2.05, 4.69) is 114 Å². The molecule has 5 aromatic rings. The fraction of sp³-hybridized carbons (Fsp3) is 0.0938. The van der Waals surface area contributed by atoms with E-state index >= 15 is 0 Å². The first-order valence-electron chi connectivity index (χ1n) is 11.6. The minimum atomic E-state index is -0.367. The van der Waals surface area contributed by atoms with Gasteiger partial charge in [-0.3, -0.25) is 4.98 Å². The van der Waals surface area contributed by atoms with E-state index in [0.717, 1.165) is 24.1 Å². The van der Waals surface area contributed by atoms with Crippen LogP contribution >= 0.6 is 0 Å². The summed E-state index contributed by atoms with van der Waals surface area (Å²) in [5.74, 6) is 0. The molecule has 0 radical (unpaired) electrons. The SMILES string of the molecule is c1ccc(C2(c3ccc(-c4ccccn4)cc3)c3ccccc3CCc3ccccc32)cc1. The Morgan fingerprint density at radius 2 is 1.03 bits per heavy atom. The highest BCUT2D eigenvalue weighted by Gasteiger charge is 2.42. The van der Waals surface area contributed by atoms with Crippen molar-refractivity contribution in [3.63, 3.8) is 0 Å². The second-order valence-corrected chi connectivity index (χ2v) is 8.72. The molecule has 0 amide bonds. The summed E-state index contributed by atoms with van der Waals surface area (Å²) in [6.45, 7) is 0. The van der Waals surface area contributed by atoms with Crippen molar-refractivity contribution in [3.8, 4) is 11.3 Å². The maximum absolute atomic E-state index is 4.55. The number of aromatic nitrogens is 1. The monoisotopic (exact) mass is 423 g/mol. The van der Waals surface area contributed by atoms with Crippen LogP contribution in [0.2, 0.25) is 0 Å². The van der Waals surface area contributed by atoms with Gasteiger partial charge in [-0.2, -0.15) is 0 Å². The molecule has 0 saturated carbocycles. The Morgan fingerprint density at radius 3 is 1.64 bits per heavy atom. The standard InChI is InChI=1S/C32H25N/c1-2-12-27(13-3-1)32(28-21-19-26(20-22-28)31-16-8-9-23-33-31)29-14-6-4-10-24(29)17-18-25-11-5-7-15-30(25)32/h1-16,19-23H,17-18H2. The number of fused-ring (bicyclic) bond motifs is 2. The molecule has 0 bridgehead atoms. The highest BCUT2D eigenvalue weighted by molar-refractivity contribution is 5.67. The molecular weight excluding hydrogens is 398 g/mol. The number of nitrogens with zero attached hydrogens (tertiary/aromatic N) is 1. The third kappa shape index (κ3) is 3.20. The molecule has 1 heterocycles. The van der Waals surface area contributed by atoms with E-state index in [1.54, 1.807) is 0 Å². The van der Waals surface area contributed by atoms with Crippen molar-refractivity contribution in [3.05, 3.63) is 161 Å². The molecule has 4 aromatic carbocycles. The van der Waals surface area contributed by atoms with E-state index in [1.165, 1.54) is 33.4 Å². The molecule has 6 rings (SSSR count). The van der Waals surface area contributed by atoms with Crippen molar-refractivity contribution < 1.29 is 0 Å². The highest BCUT2D eigenvalue weighted by atomic mass is 14.7. The summed E-state index contributed by atoms with van der Waals surface area (Å²) in [7, 11) is 0. The van der Waals surface area contributed by atoms with E-state index in [1.807, 2.05) is 18.3 Å². The molecule has 1 aliphatic rings. The number of pyridine rings is 1. The average Bonchev–Trinajstić information content (AvgIpc) is 3.05. The minimum absolute atomic E-state index is 0.367. The molecule has 0 unspecified atom stereocenters. The van der Waals surface area contributed by atoms with Crippen LogP contribution < -0.4 is 0 Å². The maximum Gasteiger partial charge on any atom is 0.0706 e. The summed E-state index contributed by atoms with van der Waals surface area (Å²) in [6.07, 6.45) is 3.95. The van der Waals surface area contributed by atoms with Gasteiger partial charge >= 0.3 is 0 Å². The van der Waals surface area contributed by atoms with Crippen molar-refractivity contribution in [2.45, 2.75) is 18.3 Å². The molecule has 0 N–H and O–H groups in total. The second kappa shape index (κ2) is 8.18. The predicted octanol–water partition coefficient (Wildman–Crippen LogP) is 7.23. The van der Waals surface area contributed by atoms with Gasteiger partial charge in [-0.1, -0.05) is 109 Å². The summed E-state index contributed by atoms with van der Waals surface area (Å²) in [5, 5.41) is 0. The van der Waals surface area contributed by atoms with Gasteiger partial charge in [-0.05, 0) is 58.4 Å². The van der Waals surface area contributed by atoms with Gasteiger partial charge in [0.15, 0.2) is 0 Å². The quantitative estimate of drug-likeness (QED) is 0.298. The predicted molar refractivity (Wildman–Crippen MR) is 135 cm³/mol. The van der Waals surface area contributed by atoms with Gasteiger partial charge < -0.3 is 0 Å². The summed E-state index contributed by atoms with van der Waals surface area (Å²) < 4.78 is 0. The first kappa shape index (κ1) is 19.7. The maximum atomic E-state index is 4.55. The Bertz CT molecular complexity index is 1340. The fourth-order valence-electron chi connectivity index (χ4n) is 5.52. The lowest BCUT2D eigenvalue weighted by atomic mass is 9.64. The van der Waals surface area contributed by atoms with Crippen LogP contribution in [-0.2, 0) is 18.3 Å². The van der Waals surface area contributed by atoms with Gasteiger partial charge in [-0.25, -0.2) is 0 Å². The Balaban J connectivity index is 1.68. The first-order chi connectivity index (χ1) is 16.4. The van der Waals surface area contributed by atoms with Crippen LogP contribution in [0.5, 0.6) is 0 Å². The van der Waals surface area contributed by atoms with Gasteiger partial charge in [0.2, 0.25) is 0 Å². The zero-order chi connectivity index (χ0) is 22.1. The van der Waals surface area contributed by atoms with Gasteiger partial charge in [0, 0.05) is 11.8 Å². The van der Waals surface area contributed by atoms with E-state index < -0.39 is 0 Å². The van der Waals surface area contributed by atoms with Gasteiger partial charge in [0.1, 0.15) is 0 Å². The molecule has 0 aliphatic heterocycles. The number of benzene rings is 4. The molecule has 1 aromatic heterocycles. The van der Waals surface area contributed by atoms with Crippen LogP contribution in [0.3, 0.4) is 0 Å². The molecule has 33 heavy (non-hydrogen) atoms. The normalized spacial score (nSPS) is 14.1. The van der Waals surface area contributed by atoms with Crippen molar-refractivity contribution in [1.82, 2.24) is 4.98 Å². The molecule has 0 atom stereocenters. The number of rotatable bonds is 3. The van der Waals surface area contributed by atoms with Crippen LogP contribution in [0, 0.1) is 0 Å². The van der Waals surface area contributed by atoms with E-state index in [-0.39, 0.29) is 5.41 Å². The lowest BCUT2D eigenvalue weighted by molar-refractivity contribution is 0.739. The van der Waals surface area contributed by atoms with Crippen molar-refractivity contribution in [2.24, 2.45) is 0 Å². The Morgan fingerprint density at radius 1 is 0.485 bits per heavy atom. The Hall–Kier alpha value is -3.97. The van der Waals surface area contributed by atoms with E-state index in [9.17, 15) is 0 Å². The highest BCUT2D eigenvalue weighted by Crippen LogP contribution is 2.49. The van der Waals surface area contributed by atoms with Gasteiger partial charge in [-0.15, -0.1) is 0 Å². The van der Waals surface area contributed by atoms with Crippen LogP contribution in [0.15, 0.2) is 128 Å². The topological polar surface area (TPSA) is 12.9 Å². The zero-order valence-electron chi connectivity index (χ0n) is 18.5. The van der Waals surface area contributed by atoms with Crippen molar-refractivity contribution in [2.75, 3.05) is 0 Å². The van der Waals surface area contributed by atoms with Gasteiger partial charge in [0.05, 0.1) is 11.1 Å². The van der Waals surface area contributed by atoms with Crippen LogP contribution in [0.4, 0.5) is 0 Å². The molecule has 0 saturated heterocycles. The smallest absolute Gasteiger partial charge is 0.0706 e. The summed E-state index contributed by atoms with van der Waals surface area (Å²) in [4.78, 5) is 4.55. The Labute approximate surface area is 195 Å².